The second kappa shape index (κ2) is 11.2. The lowest BCUT2D eigenvalue weighted by molar-refractivity contribution is -0.120. The number of amides is 1. The van der Waals surface area contributed by atoms with Gasteiger partial charge in [0.2, 0.25) is 5.91 Å². The number of hydrogen-bond donors (Lipinski definition) is 1. The normalized spacial score (nSPS) is 11.6. The third-order valence-corrected chi connectivity index (χ3v) is 2.10. The highest BCUT2D eigenvalue weighted by atomic mass is 16.5. The van der Waals surface area contributed by atoms with Crippen LogP contribution in [0.15, 0.2) is 0 Å². The van der Waals surface area contributed by atoms with Crippen molar-refractivity contribution < 1.29 is 19.0 Å². The van der Waals surface area contributed by atoms with Gasteiger partial charge in [0.25, 0.3) is 0 Å². The maximum absolute atomic E-state index is 10.9. The molecule has 5 heteroatoms. The molecule has 0 saturated heterocycles. The molecule has 1 amide bonds. The summed E-state index contributed by atoms with van der Waals surface area (Å²) >= 11 is 0. The molecule has 0 heterocycles. The van der Waals surface area contributed by atoms with E-state index in [9.17, 15) is 4.79 Å². The Balaban J connectivity index is 3.37. The lowest BCUT2D eigenvalue weighted by Crippen LogP contribution is -2.26. The van der Waals surface area contributed by atoms with Crippen LogP contribution in [0.25, 0.3) is 0 Å². The maximum atomic E-state index is 10.9. The standard InChI is InChI=1S/C12H21NO4/c1-4-12(14)13-7-6-8-17-10-11(15-3)9-16-5-2/h2,11H,4,6-10H2,1,3H3,(H,13,14). The van der Waals surface area contributed by atoms with E-state index in [2.05, 4.69) is 11.4 Å². The van der Waals surface area contributed by atoms with Crippen LogP contribution < -0.4 is 5.32 Å². The molecule has 0 fully saturated rings. The number of ether oxygens (including phenoxy) is 3. The van der Waals surface area contributed by atoms with Crippen molar-refractivity contribution in [3.8, 4) is 12.5 Å². The third kappa shape index (κ3) is 9.67. The quantitative estimate of drug-likeness (QED) is 0.449. The summed E-state index contributed by atoms with van der Waals surface area (Å²) in [6.07, 6.45) is 8.17. The van der Waals surface area contributed by atoms with Crippen LogP contribution in [-0.2, 0) is 19.0 Å². The molecule has 0 radical (unpaired) electrons. The molecule has 0 aromatic carbocycles. The topological polar surface area (TPSA) is 56.8 Å². The fourth-order valence-electron chi connectivity index (χ4n) is 1.07. The molecule has 0 aliphatic rings. The number of methoxy groups -OCH3 is 1. The lowest BCUT2D eigenvalue weighted by Gasteiger charge is -2.14. The summed E-state index contributed by atoms with van der Waals surface area (Å²) in [5, 5.41) is 2.77. The van der Waals surface area contributed by atoms with Gasteiger partial charge in [0.1, 0.15) is 18.8 Å². The highest BCUT2D eigenvalue weighted by molar-refractivity contribution is 5.75. The van der Waals surface area contributed by atoms with E-state index in [4.69, 9.17) is 20.6 Å². The molecule has 1 N–H and O–H groups in total. The third-order valence-electron chi connectivity index (χ3n) is 2.10. The van der Waals surface area contributed by atoms with Gasteiger partial charge < -0.3 is 19.5 Å². The highest BCUT2D eigenvalue weighted by Gasteiger charge is 2.07. The minimum atomic E-state index is -0.156. The minimum Gasteiger partial charge on any atom is -0.444 e. The molecule has 0 bridgehead atoms. The second-order valence-corrected chi connectivity index (χ2v) is 3.42. The molecule has 98 valence electrons. The van der Waals surface area contributed by atoms with E-state index < -0.39 is 0 Å². The predicted molar refractivity (Wildman–Crippen MR) is 64.3 cm³/mol. The number of terminal acetylenes is 1. The summed E-state index contributed by atoms with van der Waals surface area (Å²) < 4.78 is 15.3. The Morgan fingerprint density at radius 3 is 2.82 bits per heavy atom. The number of carbonyl (C=O) groups is 1. The Morgan fingerprint density at radius 1 is 1.47 bits per heavy atom. The molecule has 0 rings (SSSR count). The van der Waals surface area contributed by atoms with Gasteiger partial charge in [-0.3, -0.25) is 4.79 Å². The first-order valence-electron chi connectivity index (χ1n) is 5.69. The zero-order chi connectivity index (χ0) is 12.9. The Morgan fingerprint density at radius 2 is 2.24 bits per heavy atom. The zero-order valence-electron chi connectivity index (χ0n) is 10.5. The fraction of sp³-hybridized carbons (Fsp3) is 0.750. The van der Waals surface area contributed by atoms with E-state index >= 15 is 0 Å². The van der Waals surface area contributed by atoms with Gasteiger partial charge in [-0.05, 0) is 6.42 Å². The number of carbonyl (C=O) groups excluding carboxylic acids is 1. The van der Waals surface area contributed by atoms with Gasteiger partial charge in [-0.15, -0.1) is 0 Å². The van der Waals surface area contributed by atoms with Gasteiger partial charge >= 0.3 is 0 Å². The van der Waals surface area contributed by atoms with Crippen molar-refractivity contribution in [2.24, 2.45) is 0 Å². The van der Waals surface area contributed by atoms with Crippen molar-refractivity contribution in [1.82, 2.24) is 5.32 Å². The Bertz CT molecular complexity index is 237. The van der Waals surface area contributed by atoms with E-state index in [1.54, 1.807) is 7.11 Å². The van der Waals surface area contributed by atoms with Crippen LogP contribution >= 0.6 is 0 Å². The van der Waals surface area contributed by atoms with Gasteiger partial charge in [-0.25, -0.2) is 0 Å². The van der Waals surface area contributed by atoms with Crippen molar-refractivity contribution >= 4 is 5.91 Å². The molecule has 5 nitrogen and oxygen atoms in total. The molecular weight excluding hydrogens is 222 g/mol. The smallest absolute Gasteiger partial charge is 0.219 e. The predicted octanol–water partition coefficient (Wildman–Crippen LogP) is 0.542. The average Bonchev–Trinajstić information content (AvgIpc) is 2.36. The summed E-state index contributed by atoms with van der Waals surface area (Å²) in [6, 6.07) is 0. The maximum Gasteiger partial charge on any atom is 0.219 e. The van der Waals surface area contributed by atoms with Crippen LogP contribution in [0.3, 0.4) is 0 Å². The Hall–Kier alpha value is -1.25. The Labute approximate surface area is 103 Å². The van der Waals surface area contributed by atoms with E-state index in [0.29, 0.717) is 32.8 Å². The molecular formula is C12H21NO4. The summed E-state index contributed by atoms with van der Waals surface area (Å²) in [7, 11) is 1.58. The van der Waals surface area contributed by atoms with Crippen molar-refractivity contribution in [2.75, 3.05) is 33.5 Å². The molecule has 1 atom stereocenters. The van der Waals surface area contributed by atoms with Crippen molar-refractivity contribution in [3.63, 3.8) is 0 Å². The summed E-state index contributed by atoms with van der Waals surface area (Å²) in [6.45, 7) is 3.77. The average molecular weight is 243 g/mol. The van der Waals surface area contributed by atoms with Crippen LogP contribution in [0.1, 0.15) is 19.8 Å². The summed E-state index contributed by atoms with van der Waals surface area (Å²) in [4.78, 5) is 10.9. The number of hydrogen-bond acceptors (Lipinski definition) is 4. The minimum absolute atomic E-state index is 0.0576. The van der Waals surface area contributed by atoms with E-state index in [0.717, 1.165) is 6.42 Å². The monoisotopic (exact) mass is 243 g/mol. The van der Waals surface area contributed by atoms with Gasteiger partial charge in [0.15, 0.2) is 0 Å². The summed E-state index contributed by atoms with van der Waals surface area (Å²) in [5.41, 5.74) is 0. The molecule has 0 spiro atoms. The van der Waals surface area contributed by atoms with Gasteiger partial charge in [0, 0.05) is 26.7 Å². The first-order chi connectivity index (χ1) is 8.24. The molecule has 0 aliphatic heterocycles. The molecule has 0 saturated carbocycles. The van der Waals surface area contributed by atoms with Gasteiger partial charge in [-0.2, -0.15) is 0 Å². The first kappa shape index (κ1) is 15.8. The second-order valence-electron chi connectivity index (χ2n) is 3.42. The number of nitrogens with one attached hydrogen (secondary N) is 1. The Kier molecular flexibility index (Phi) is 10.4. The van der Waals surface area contributed by atoms with Crippen LogP contribution in [0.5, 0.6) is 0 Å². The van der Waals surface area contributed by atoms with Gasteiger partial charge in [-0.1, -0.05) is 13.3 Å². The van der Waals surface area contributed by atoms with Crippen molar-refractivity contribution in [2.45, 2.75) is 25.9 Å². The first-order valence-corrected chi connectivity index (χ1v) is 5.69. The summed E-state index contributed by atoms with van der Waals surface area (Å²) in [5.74, 6) is 0.0576. The zero-order valence-corrected chi connectivity index (χ0v) is 10.5. The molecule has 17 heavy (non-hydrogen) atoms. The highest BCUT2D eigenvalue weighted by Crippen LogP contribution is 1.93. The van der Waals surface area contributed by atoms with Crippen LogP contribution in [0.2, 0.25) is 0 Å². The molecule has 0 aromatic rings. The SMILES string of the molecule is C#COCC(COCCCNC(=O)CC)OC. The van der Waals surface area contributed by atoms with Crippen LogP contribution in [-0.4, -0.2) is 45.5 Å². The number of rotatable bonds is 10. The van der Waals surface area contributed by atoms with E-state index in [-0.39, 0.29) is 12.0 Å². The van der Waals surface area contributed by atoms with E-state index in [1.165, 1.54) is 0 Å². The largest absolute Gasteiger partial charge is 0.444 e. The van der Waals surface area contributed by atoms with E-state index in [1.807, 2.05) is 6.92 Å². The van der Waals surface area contributed by atoms with Crippen LogP contribution in [0, 0.1) is 12.5 Å². The van der Waals surface area contributed by atoms with Gasteiger partial charge in [0.05, 0.1) is 6.61 Å². The molecule has 0 aromatic heterocycles. The lowest BCUT2D eigenvalue weighted by atomic mass is 10.4. The van der Waals surface area contributed by atoms with Crippen LogP contribution in [0.4, 0.5) is 0 Å². The fourth-order valence-corrected chi connectivity index (χ4v) is 1.07. The van der Waals surface area contributed by atoms with Crippen molar-refractivity contribution in [1.29, 1.82) is 0 Å². The molecule has 0 aliphatic carbocycles. The van der Waals surface area contributed by atoms with Crippen molar-refractivity contribution in [3.05, 3.63) is 0 Å². The molecule has 1 unspecified atom stereocenters.